The Kier molecular flexibility index (Phi) is 48.9. The largest absolute Gasteiger partial charge is 0.400 e. The van der Waals surface area contributed by atoms with Crippen LogP contribution >= 0.6 is 0 Å². The second kappa shape index (κ2) is 29.6. The zero-order chi connectivity index (χ0) is 11.1. The van der Waals surface area contributed by atoms with Crippen LogP contribution in [-0.4, -0.2) is 22.5 Å². The predicted molar refractivity (Wildman–Crippen MR) is 56.4 cm³/mol. The standard InChI is InChI=1S/C7H16.CH4O.HNO3.H3N/c1-3-5-7-6-4-2;1-2;2-1(3)4;/h3-7H2,1-2H3;2H,1H3;(H,2,3,4);1H3. The molecule has 0 atom stereocenters. The highest BCUT2D eigenvalue weighted by Gasteiger charge is 1.80. The molecule has 0 amide bonds. The van der Waals surface area contributed by atoms with Gasteiger partial charge >= 0.3 is 0 Å². The van der Waals surface area contributed by atoms with Crippen molar-refractivity contribution >= 4 is 0 Å². The fraction of sp³-hybridized carbons (Fsp3) is 1.00. The molecule has 0 radical (unpaired) electrons. The number of rotatable bonds is 4. The van der Waals surface area contributed by atoms with Gasteiger partial charge in [0.25, 0.3) is 5.09 Å². The van der Waals surface area contributed by atoms with E-state index in [2.05, 4.69) is 13.8 Å². The Bertz CT molecular complexity index is 83.4. The van der Waals surface area contributed by atoms with Crippen LogP contribution in [0.15, 0.2) is 0 Å². The van der Waals surface area contributed by atoms with Crippen molar-refractivity contribution in [2.24, 2.45) is 0 Å². The first kappa shape index (κ1) is 23.2. The van der Waals surface area contributed by atoms with Gasteiger partial charge in [0.15, 0.2) is 0 Å². The van der Waals surface area contributed by atoms with Gasteiger partial charge in [0.1, 0.15) is 0 Å². The smallest absolute Gasteiger partial charge is 0.291 e. The molecule has 0 heterocycles. The van der Waals surface area contributed by atoms with Gasteiger partial charge in [-0.05, 0) is 0 Å². The van der Waals surface area contributed by atoms with Crippen molar-refractivity contribution < 1.29 is 15.4 Å². The molecule has 0 spiro atoms. The number of aliphatic hydroxyl groups excluding tert-OH is 1. The summed E-state index contributed by atoms with van der Waals surface area (Å²) in [5, 5.41) is 20.6. The third-order valence-electron chi connectivity index (χ3n) is 1.21. The Morgan fingerprint density at radius 1 is 1.07 bits per heavy atom. The molecule has 0 unspecified atom stereocenters. The molecular formula is C8H24N2O4. The molecule has 6 nitrogen and oxygen atoms in total. The fourth-order valence-corrected chi connectivity index (χ4v) is 0.677. The van der Waals surface area contributed by atoms with Gasteiger partial charge in [-0.15, -0.1) is 10.1 Å². The molecule has 0 rings (SSSR count). The van der Waals surface area contributed by atoms with Gasteiger partial charge in [-0.1, -0.05) is 46.0 Å². The number of unbranched alkanes of at least 4 members (excludes halogenated alkanes) is 4. The number of aliphatic hydroxyl groups is 1. The van der Waals surface area contributed by atoms with E-state index in [0.29, 0.717) is 0 Å². The van der Waals surface area contributed by atoms with Crippen LogP contribution in [0.3, 0.4) is 0 Å². The molecule has 0 aromatic carbocycles. The van der Waals surface area contributed by atoms with Crippen molar-refractivity contribution in [1.82, 2.24) is 6.15 Å². The molecule has 0 aromatic heterocycles. The summed E-state index contributed by atoms with van der Waals surface area (Å²) in [6.07, 6.45) is 7.01. The minimum absolute atomic E-state index is 0. The molecule has 0 bridgehead atoms. The van der Waals surface area contributed by atoms with Crippen LogP contribution in [-0.2, 0) is 0 Å². The third-order valence-corrected chi connectivity index (χ3v) is 1.21. The van der Waals surface area contributed by atoms with Gasteiger partial charge in [-0.3, -0.25) is 0 Å². The van der Waals surface area contributed by atoms with Crippen LogP contribution in [0.5, 0.6) is 0 Å². The minimum atomic E-state index is -1.50. The Balaban J connectivity index is -0.0000000620. The first-order chi connectivity index (χ1) is 6.15. The maximum absolute atomic E-state index is 8.36. The van der Waals surface area contributed by atoms with Gasteiger partial charge in [0, 0.05) is 7.11 Å². The normalized spacial score (nSPS) is 6.86. The van der Waals surface area contributed by atoms with Crippen LogP contribution in [0.2, 0.25) is 0 Å². The molecule has 0 saturated heterocycles. The van der Waals surface area contributed by atoms with Crippen molar-refractivity contribution in [1.29, 1.82) is 0 Å². The molecule has 14 heavy (non-hydrogen) atoms. The molecule has 0 aromatic rings. The lowest BCUT2D eigenvalue weighted by Crippen LogP contribution is -1.81. The molecule has 5 N–H and O–H groups in total. The lowest BCUT2D eigenvalue weighted by Gasteiger charge is -1.90. The Hall–Kier alpha value is -0.880. The maximum atomic E-state index is 8.36. The minimum Gasteiger partial charge on any atom is -0.400 e. The van der Waals surface area contributed by atoms with Gasteiger partial charge in [-0.25, -0.2) is 0 Å². The first-order valence-corrected chi connectivity index (χ1v) is 4.43. The third kappa shape index (κ3) is 117. The van der Waals surface area contributed by atoms with Crippen LogP contribution in [0.1, 0.15) is 46.0 Å². The van der Waals surface area contributed by atoms with Crippen molar-refractivity contribution in [3.8, 4) is 0 Å². The zero-order valence-corrected chi connectivity index (χ0v) is 9.40. The molecule has 0 saturated carbocycles. The lowest BCUT2D eigenvalue weighted by atomic mass is 10.2. The average molecular weight is 212 g/mol. The van der Waals surface area contributed by atoms with Gasteiger partial charge in [-0.2, -0.15) is 0 Å². The monoisotopic (exact) mass is 212 g/mol. The second-order valence-electron chi connectivity index (χ2n) is 2.30. The number of hydrogen-bond donors (Lipinski definition) is 3. The van der Waals surface area contributed by atoms with Crippen molar-refractivity contribution in [3.63, 3.8) is 0 Å². The van der Waals surface area contributed by atoms with Crippen LogP contribution < -0.4 is 6.15 Å². The maximum Gasteiger partial charge on any atom is 0.291 e. The molecule has 0 aliphatic rings. The van der Waals surface area contributed by atoms with E-state index in [9.17, 15) is 0 Å². The van der Waals surface area contributed by atoms with E-state index in [0.717, 1.165) is 7.11 Å². The van der Waals surface area contributed by atoms with E-state index in [-0.39, 0.29) is 6.15 Å². The molecule has 0 aliphatic heterocycles. The van der Waals surface area contributed by atoms with Gasteiger partial charge < -0.3 is 16.5 Å². The van der Waals surface area contributed by atoms with Crippen LogP contribution in [0, 0.1) is 10.1 Å². The molecule has 0 aliphatic carbocycles. The molecular weight excluding hydrogens is 188 g/mol. The van der Waals surface area contributed by atoms with Gasteiger partial charge in [0.2, 0.25) is 0 Å². The summed E-state index contributed by atoms with van der Waals surface area (Å²) >= 11 is 0. The molecule has 90 valence electrons. The highest BCUT2D eigenvalue weighted by Crippen LogP contribution is 2.00. The highest BCUT2D eigenvalue weighted by atomic mass is 16.9. The Labute approximate surface area is 85.6 Å². The van der Waals surface area contributed by atoms with E-state index in [1.165, 1.54) is 32.1 Å². The highest BCUT2D eigenvalue weighted by molar-refractivity contribution is 4.35. The topological polar surface area (TPSA) is 119 Å². The van der Waals surface area contributed by atoms with Crippen LogP contribution in [0.4, 0.5) is 0 Å². The fourth-order valence-electron chi connectivity index (χ4n) is 0.677. The first-order valence-electron chi connectivity index (χ1n) is 4.43. The lowest BCUT2D eigenvalue weighted by molar-refractivity contribution is -0.742. The summed E-state index contributed by atoms with van der Waals surface area (Å²) in [6, 6.07) is 0. The predicted octanol–water partition coefficient (Wildman–Crippen LogP) is 2.40. The molecule has 0 fully saturated rings. The van der Waals surface area contributed by atoms with E-state index >= 15 is 0 Å². The summed E-state index contributed by atoms with van der Waals surface area (Å²) in [5.74, 6) is 0. The SMILES string of the molecule is CCCCCCC.CO.N.O=[N+]([O-])O. The summed E-state index contributed by atoms with van der Waals surface area (Å²) in [4.78, 5) is 8.36. The van der Waals surface area contributed by atoms with Crippen molar-refractivity contribution in [3.05, 3.63) is 10.1 Å². The summed E-state index contributed by atoms with van der Waals surface area (Å²) in [6.45, 7) is 4.49. The summed E-state index contributed by atoms with van der Waals surface area (Å²) < 4.78 is 0. The van der Waals surface area contributed by atoms with Crippen molar-refractivity contribution in [2.75, 3.05) is 7.11 Å². The van der Waals surface area contributed by atoms with E-state index < -0.39 is 5.09 Å². The molecule has 6 heteroatoms. The summed E-state index contributed by atoms with van der Waals surface area (Å²) in [5.41, 5.74) is 0. The Morgan fingerprint density at radius 3 is 1.43 bits per heavy atom. The zero-order valence-electron chi connectivity index (χ0n) is 9.40. The quantitative estimate of drug-likeness (QED) is 0.375. The number of hydrogen-bond acceptors (Lipinski definition) is 4. The van der Waals surface area contributed by atoms with E-state index in [1.54, 1.807) is 0 Å². The summed E-state index contributed by atoms with van der Waals surface area (Å²) in [7, 11) is 1.00. The van der Waals surface area contributed by atoms with Crippen molar-refractivity contribution in [2.45, 2.75) is 46.0 Å². The van der Waals surface area contributed by atoms with E-state index in [4.69, 9.17) is 20.4 Å². The number of nitrogens with zero attached hydrogens (tertiary/aromatic N) is 1. The van der Waals surface area contributed by atoms with E-state index in [1.807, 2.05) is 0 Å². The second-order valence-corrected chi connectivity index (χ2v) is 2.30. The Morgan fingerprint density at radius 2 is 1.29 bits per heavy atom. The average Bonchev–Trinajstić information content (AvgIpc) is 2.08. The van der Waals surface area contributed by atoms with Crippen LogP contribution in [0.25, 0.3) is 0 Å². The van der Waals surface area contributed by atoms with Gasteiger partial charge in [0.05, 0.1) is 0 Å².